The van der Waals surface area contributed by atoms with E-state index < -0.39 is 0 Å². The van der Waals surface area contributed by atoms with Crippen LogP contribution in [0.2, 0.25) is 0 Å². The Morgan fingerprint density at radius 1 is 1.19 bits per heavy atom. The quantitative estimate of drug-likeness (QED) is 0.804. The second-order valence-corrected chi connectivity index (χ2v) is 4.82. The molecule has 2 N–H and O–H groups in total. The molecule has 0 radical (unpaired) electrons. The van der Waals surface area contributed by atoms with Crippen LogP contribution in [-0.2, 0) is 12.8 Å². The summed E-state index contributed by atoms with van der Waals surface area (Å²) in [5, 5.41) is 0. The van der Waals surface area contributed by atoms with Gasteiger partial charge in [-0.15, -0.1) is 0 Å². The van der Waals surface area contributed by atoms with Crippen LogP contribution in [0.25, 0.3) is 11.3 Å². The number of aromatic nitrogens is 2. The van der Waals surface area contributed by atoms with Gasteiger partial charge in [0.15, 0.2) is 0 Å². The Hall–Kier alpha value is -1.42. The fourth-order valence-corrected chi connectivity index (χ4v) is 2.45. The molecule has 80 valence electrons. The Morgan fingerprint density at radius 2 is 2.00 bits per heavy atom. The van der Waals surface area contributed by atoms with Crippen molar-refractivity contribution in [3.63, 3.8) is 0 Å². The van der Waals surface area contributed by atoms with E-state index in [0.29, 0.717) is 5.95 Å². The average molecular weight is 276 g/mol. The molecule has 2 aromatic rings. The van der Waals surface area contributed by atoms with Crippen molar-refractivity contribution in [2.75, 3.05) is 5.73 Å². The normalized spacial score (nSPS) is 13.1. The van der Waals surface area contributed by atoms with Gasteiger partial charge >= 0.3 is 0 Å². The number of benzene rings is 1. The standard InChI is InChI=1S/C12H10BrN3/c13-9-4-3-7-1-2-8-6-15-12(14)16-11(8)10(7)5-9/h3-6H,1-2H2,(H2,14,15,16). The Kier molecular flexibility index (Phi) is 2.17. The lowest BCUT2D eigenvalue weighted by Gasteiger charge is -2.18. The van der Waals surface area contributed by atoms with Crippen LogP contribution in [0.5, 0.6) is 0 Å². The van der Waals surface area contributed by atoms with E-state index in [9.17, 15) is 0 Å². The molecule has 1 aliphatic rings. The molecular weight excluding hydrogens is 266 g/mol. The van der Waals surface area contributed by atoms with Gasteiger partial charge < -0.3 is 5.73 Å². The molecule has 0 spiro atoms. The number of aryl methyl sites for hydroxylation is 2. The highest BCUT2D eigenvalue weighted by molar-refractivity contribution is 9.10. The number of rotatable bonds is 0. The van der Waals surface area contributed by atoms with Crippen molar-refractivity contribution >= 4 is 21.9 Å². The van der Waals surface area contributed by atoms with Gasteiger partial charge in [0.05, 0.1) is 5.69 Å². The van der Waals surface area contributed by atoms with Crippen molar-refractivity contribution in [2.45, 2.75) is 12.8 Å². The molecule has 1 aromatic carbocycles. The summed E-state index contributed by atoms with van der Waals surface area (Å²) in [5.74, 6) is 0.339. The van der Waals surface area contributed by atoms with Crippen LogP contribution >= 0.6 is 15.9 Å². The second-order valence-electron chi connectivity index (χ2n) is 3.90. The second kappa shape index (κ2) is 3.56. The van der Waals surface area contributed by atoms with E-state index in [2.05, 4.69) is 44.1 Å². The number of anilines is 1. The van der Waals surface area contributed by atoms with Crippen LogP contribution in [0.4, 0.5) is 5.95 Å². The molecule has 3 rings (SSSR count). The van der Waals surface area contributed by atoms with Crippen molar-refractivity contribution in [3.8, 4) is 11.3 Å². The third-order valence-corrected chi connectivity index (χ3v) is 3.37. The molecule has 0 fully saturated rings. The Labute approximate surface area is 102 Å². The van der Waals surface area contributed by atoms with E-state index in [1.807, 2.05) is 6.20 Å². The molecule has 0 unspecified atom stereocenters. The summed E-state index contributed by atoms with van der Waals surface area (Å²) < 4.78 is 1.07. The number of fused-ring (bicyclic) bond motifs is 3. The lowest BCUT2D eigenvalue weighted by molar-refractivity contribution is 0.913. The molecule has 0 saturated heterocycles. The maximum Gasteiger partial charge on any atom is 0.220 e. The average Bonchev–Trinajstić information content (AvgIpc) is 2.29. The molecule has 3 nitrogen and oxygen atoms in total. The van der Waals surface area contributed by atoms with Crippen LogP contribution in [-0.4, -0.2) is 9.97 Å². The Bertz CT molecular complexity index is 515. The minimum Gasteiger partial charge on any atom is -0.368 e. The van der Waals surface area contributed by atoms with E-state index in [0.717, 1.165) is 23.0 Å². The molecule has 0 atom stereocenters. The summed E-state index contributed by atoms with van der Waals surface area (Å²) in [7, 11) is 0. The third kappa shape index (κ3) is 1.50. The van der Waals surface area contributed by atoms with Crippen LogP contribution in [0, 0.1) is 0 Å². The minimum absolute atomic E-state index is 0.339. The molecule has 16 heavy (non-hydrogen) atoms. The first kappa shape index (κ1) is 9.78. The number of nitrogens with two attached hydrogens (primary N) is 1. The topological polar surface area (TPSA) is 51.8 Å². The SMILES string of the molecule is Nc1ncc2c(n1)-c1cc(Br)ccc1CC2. The molecule has 4 heteroatoms. The van der Waals surface area contributed by atoms with Crippen LogP contribution in [0.3, 0.4) is 0 Å². The summed E-state index contributed by atoms with van der Waals surface area (Å²) in [4.78, 5) is 8.38. The largest absolute Gasteiger partial charge is 0.368 e. The Balaban J connectivity index is 2.28. The first-order chi connectivity index (χ1) is 7.74. The zero-order valence-corrected chi connectivity index (χ0v) is 10.2. The monoisotopic (exact) mass is 275 g/mol. The molecule has 1 aliphatic carbocycles. The predicted molar refractivity (Wildman–Crippen MR) is 67.0 cm³/mol. The molecular formula is C12H10BrN3. The van der Waals surface area contributed by atoms with Gasteiger partial charge in [0, 0.05) is 16.2 Å². The molecule has 0 saturated carbocycles. The van der Waals surface area contributed by atoms with Gasteiger partial charge in [-0.2, -0.15) is 0 Å². The number of hydrogen-bond acceptors (Lipinski definition) is 3. The fourth-order valence-electron chi connectivity index (χ4n) is 2.09. The third-order valence-electron chi connectivity index (χ3n) is 2.87. The van der Waals surface area contributed by atoms with E-state index in [4.69, 9.17) is 5.73 Å². The van der Waals surface area contributed by atoms with E-state index in [1.165, 1.54) is 16.7 Å². The maximum absolute atomic E-state index is 5.64. The van der Waals surface area contributed by atoms with Crippen LogP contribution in [0.1, 0.15) is 11.1 Å². The summed E-state index contributed by atoms with van der Waals surface area (Å²) >= 11 is 3.49. The number of nitrogens with zero attached hydrogens (tertiary/aromatic N) is 2. The summed E-state index contributed by atoms with van der Waals surface area (Å²) in [6.45, 7) is 0. The van der Waals surface area contributed by atoms with Gasteiger partial charge in [0.25, 0.3) is 0 Å². The van der Waals surface area contributed by atoms with Crippen molar-refractivity contribution in [3.05, 3.63) is 40.0 Å². The van der Waals surface area contributed by atoms with Gasteiger partial charge in [-0.05, 0) is 36.1 Å². The molecule has 1 heterocycles. The highest BCUT2D eigenvalue weighted by atomic mass is 79.9. The van der Waals surface area contributed by atoms with Crippen molar-refractivity contribution in [2.24, 2.45) is 0 Å². The fraction of sp³-hybridized carbons (Fsp3) is 0.167. The van der Waals surface area contributed by atoms with Gasteiger partial charge in [-0.1, -0.05) is 22.0 Å². The molecule has 0 amide bonds. The van der Waals surface area contributed by atoms with E-state index in [1.54, 1.807) is 0 Å². The predicted octanol–water partition coefficient (Wildman–Crippen LogP) is 2.59. The summed E-state index contributed by atoms with van der Waals surface area (Å²) in [6, 6.07) is 6.30. The summed E-state index contributed by atoms with van der Waals surface area (Å²) in [6.07, 6.45) is 3.87. The van der Waals surface area contributed by atoms with Crippen molar-refractivity contribution < 1.29 is 0 Å². The van der Waals surface area contributed by atoms with E-state index in [-0.39, 0.29) is 0 Å². The number of nitrogen functional groups attached to an aromatic ring is 1. The summed E-state index contributed by atoms with van der Waals surface area (Å²) in [5.41, 5.74) is 10.3. The zero-order chi connectivity index (χ0) is 11.1. The van der Waals surface area contributed by atoms with Crippen molar-refractivity contribution in [1.29, 1.82) is 0 Å². The van der Waals surface area contributed by atoms with Gasteiger partial charge in [-0.3, -0.25) is 0 Å². The van der Waals surface area contributed by atoms with Crippen LogP contribution in [0.15, 0.2) is 28.9 Å². The first-order valence-corrected chi connectivity index (χ1v) is 5.93. The molecule has 1 aromatic heterocycles. The number of hydrogen-bond donors (Lipinski definition) is 1. The lowest BCUT2D eigenvalue weighted by atomic mass is 9.90. The van der Waals surface area contributed by atoms with Gasteiger partial charge in [-0.25, -0.2) is 9.97 Å². The van der Waals surface area contributed by atoms with Gasteiger partial charge in [0.1, 0.15) is 0 Å². The highest BCUT2D eigenvalue weighted by Crippen LogP contribution is 2.33. The molecule has 0 aliphatic heterocycles. The lowest BCUT2D eigenvalue weighted by Crippen LogP contribution is -2.08. The van der Waals surface area contributed by atoms with Gasteiger partial charge in [0.2, 0.25) is 5.95 Å². The smallest absolute Gasteiger partial charge is 0.220 e. The highest BCUT2D eigenvalue weighted by Gasteiger charge is 2.18. The van der Waals surface area contributed by atoms with E-state index >= 15 is 0 Å². The zero-order valence-electron chi connectivity index (χ0n) is 8.57. The van der Waals surface area contributed by atoms with Crippen LogP contribution < -0.4 is 5.73 Å². The van der Waals surface area contributed by atoms with Crippen molar-refractivity contribution in [1.82, 2.24) is 9.97 Å². The molecule has 0 bridgehead atoms. The maximum atomic E-state index is 5.64. The first-order valence-electron chi connectivity index (χ1n) is 5.14. The Morgan fingerprint density at radius 3 is 2.88 bits per heavy atom. The number of halogens is 1. The minimum atomic E-state index is 0.339.